The number of anilines is 1. The molecule has 0 aliphatic heterocycles. The first-order valence-electron chi connectivity index (χ1n) is 8.46. The first-order chi connectivity index (χ1) is 13.7. The summed E-state index contributed by atoms with van der Waals surface area (Å²) in [6, 6.07) is 10.7. The van der Waals surface area contributed by atoms with Crippen molar-refractivity contribution in [3.05, 3.63) is 64.2 Å². The van der Waals surface area contributed by atoms with Crippen LogP contribution >= 0.6 is 0 Å². The lowest BCUT2D eigenvalue weighted by Crippen LogP contribution is -2.40. The number of ether oxygens (including phenoxy) is 1. The maximum absolute atomic E-state index is 12.5. The molecule has 2 N–H and O–H groups in total. The Bertz CT molecular complexity index is 928. The Morgan fingerprint density at radius 3 is 2.45 bits per heavy atom. The molecule has 10 nitrogen and oxygen atoms in total. The van der Waals surface area contributed by atoms with Crippen molar-refractivity contribution in [2.24, 2.45) is 0 Å². The normalized spacial score (nSPS) is 11.2. The number of carboxylic acids is 1. The number of hydrogen-bond donors (Lipinski definition) is 2. The van der Waals surface area contributed by atoms with Crippen molar-refractivity contribution in [1.82, 2.24) is 5.32 Å². The minimum absolute atomic E-state index is 0.172. The molecule has 0 saturated heterocycles. The van der Waals surface area contributed by atoms with E-state index in [1.807, 2.05) is 0 Å². The van der Waals surface area contributed by atoms with Gasteiger partial charge in [-0.1, -0.05) is 6.07 Å². The van der Waals surface area contributed by atoms with Gasteiger partial charge in [0.05, 0.1) is 4.92 Å². The van der Waals surface area contributed by atoms with Gasteiger partial charge < -0.3 is 20.1 Å². The summed E-state index contributed by atoms with van der Waals surface area (Å²) in [5, 5.41) is 21.9. The number of nitro benzene ring substituents is 1. The number of carbonyl (C=O) groups is 3. The number of nitrogens with zero attached hydrogens (tertiary/aromatic N) is 2. The molecule has 1 atom stereocenters. The van der Waals surface area contributed by atoms with Gasteiger partial charge in [-0.25, -0.2) is 0 Å². The third-order valence-corrected chi connectivity index (χ3v) is 3.95. The fraction of sp³-hybridized carbons (Fsp3) is 0.211. The predicted molar refractivity (Wildman–Crippen MR) is 103 cm³/mol. The number of aliphatic carboxylic acids is 1. The van der Waals surface area contributed by atoms with Gasteiger partial charge in [-0.3, -0.25) is 24.5 Å². The number of carboxylic acid groups (broad SMARTS) is 1. The van der Waals surface area contributed by atoms with Crippen LogP contribution in [0.2, 0.25) is 0 Å². The molecule has 2 aromatic carbocycles. The summed E-state index contributed by atoms with van der Waals surface area (Å²) in [6.07, 6.45) is 0. The fourth-order valence-electron chi connectivity index (χ4n) is 2.32. The van der Waals surface area contributed by atoms with Crippen molar-refractivity contribution in [1.29, 1.82) is 0 Å². The van der Waals surface area contributed by atoms with Crippen LogP contribution in [0.25, 0.3) is 0 Å². The highest BCUT2D eigenvalue weighted by Crippen LogP contribution is 2.21. The summed E-state index contributed by atoms with van der Waals surface area (Å²) in [5.74, 6) is -1.81. The van der Waals surface area contributed by atoms with Gasteiger partial charge in [0.2, 0.25) is 0 Å². The average molecular weight is 401 g/mol. The van der Waals surface area contributed by atoms with Crippen LogP contribution in [0.15, 0.2) is 48.5 Å². The number of amides is 2. The molecule has 1 unspecified atom stereocenters. The Labute approximate surface area is 165 Å². The van der Waals surface area contributed by atoms with Crippen LogP contribution in [0.3, 0.4) is 0 Å². The van der Waals surface area contributed by atoms with Crippen molar-refractivity contribution in [3.63, 3.8) is 0 Å². The number of nitrogens with one attached hydrogen (secondary N) is 1. The molecule has 0 bridgehead atoms. The second-order valence-electron chi connectivity index (χ2n) is 6.08. The summed E-state index contributed by atoms with van der Waals surface area (Å²) < 4.78 is 5.29. The first-order valence-corrected chi connectivity index (χ1v) is 8.46. The standard InChI is InChI=1S/C19H19N3O7/c1-12(19(25)26)20-17(23)11-29-16-8-6-14(7-9-16)21(2)18(24)13-4-3-5-15(10-13)22(27)28/h3-10,12H,11H2,1-2H3,(H,20,23)(H,25,26). The molecule has 0 saturated carbocycles. The van der Waals surface area contributed by atoms with E-state index in [4.69, 9.17) is 9.84 Å². The zero-order chi connectivity index (χ0) is 21.6. The van der Waals surface area contributed by atoms with Gasteiger partial charge in [-0.05, 0) is 37.3 Å². The number of nitro groups is 1. The summed E-state index contributed by atoms with van der Waals surface area (Å²) in [4.78, 5) is 46.5. The van der Waals surface area contributed by atoms with Gasteiger partial charge in [0.15, 0.2) is 6.61 Å². The lowest BCUT2D eigenvalue weighted by molar-refractivity contribution is -0.384. The molecule has 2 amide bonds. The molecule has 29 heavy (non-hydrogen) atoms. The fourth-order valence-corrected chi connectivity index (χ4v) is 2.32. The molecule has 2 aromatic rings. The van der Waals surface area contributed by atoms with Crippen LogP contribution in [0.1, 0.15) is 17.3 Å². The molecule has 0 aliphatic rings. The second kappa shape index (κ2) is 9.31. The number of rotatable bonds is 8. The predicted octanol–water partition coefficient (Wildman–Crippen LogP) is 1.84. The molecule has 0 aromatic heterocycles. The van der Waals surface area contributed by atoms with Crippen LogP contribution in [0.4, 0.5) is 11.4 Å². The van der Waals surface area contributed by atoms with Gasteiger partial charge in [0.25, 0.3) is 17.5 Å². The molecule has 0 heterocycles. The monoisotopic (exact) mass is 401 g/mol. The van der Waals surface area contributed by atoms with Crippen molar-refractivity contribution < 1.29 is 29.2 Å². The SMILES string of the molecule is CC(NC(=O)COc1ccc(N(C)C(=O)c2cccc([N+](=O)[O-])c2)cc1)C(=O)O. The van der Waals surface area contributed by atoms with Crippen molar-refractivity contribution in [2.45, 2.75) is 13.0 Å². The zero-order valence-corrected chi connectivity index (χ0v) is 15.7. The van der Waals surface area contributed by atoms with Gasteiger partial charge in [-0.2, -0.15) is 0 Å². The third kappa shape index (κ3) is 5.76. The van der Waals surface area contributed by atoms with Gasteiger partial charge in [-0.15, -0.1) is 0 Å². The molecule has 0 fully saturated rings. The highest BCUT2D eigenvalue weighted by Gasteiger charge is 2.17. The van der Waals surface area contributed by atoms with Crippen LogP contribution < -0.4 is 15.0 Å². The first kappa shape index (κ1) is 21.4. The smallest absolute Gasteiger partial charge is 0.325 e. The molecule has 0 aliphatic carbocycles. The molecule has 0 spiro atoms. The van der Waals surface area contributed by atoms with E-state index in [1.54, 1.807) is 24.3 Å². The quantitative estimate of drug-likeness (QED) is 0.508. The number of hydrogen-bond acceptors (Lipinski definition) is 6. The molecule has 152 valence electrons. The Morgan fingerprint density at radius 1 is 1.21 bits per heavy atom. The Hall–Kier alpha value is -3.95. The lowest BCUT2D eigenvalue weighted by Gasteiger charge is -2.18. The van der Waals surface area contributed by atoms with Crippen LogP contribution in [-0.2, 0) is 9.59 Å². The number of benzene rings is 2. The highest BCUT2D eigenvalue weighted by atomic mass is 16.6. The molecule has 2 rings (SSSR count). The Balaban J connectivity index is 1.99. The molecule has 10 heteroatoms. The van der Waals surface area contributed by atoms with Crippen LogP contribution in [-0.4, -0.2) is 47.5 Å². The number of non-ortho nitro benzene ring substituents is 1. The lowest BCUT2D eigenvalue weighted by atomic mass is 10.1. The average Bonchev–Trinajstić information content (AvgIpc) is 2.71. The van der Waals surface area contributed by atoms with Crippen molar-refractivity contribution >= 4 is 29.2 Å². The van der Waals surface area contributed by atoms with Crippen LogP contribution in [0.5, 0.6) is 5.75 Å². The largest absolute Gasteiger partial charge is 0.484 e. The number of carbonyl (C=O) groups excluding carboxylic acids is 2. The van der Waals surface area contributed by atoms with E-state index in [1.165, 1.54) is 43.1 Å². The van der Waals surface area contributed by atoms with E-state index in [2.05, 4.69) is 5.32 Å². The Kier molecular flexibility index (Phi) is 6.85. The zero-order valence-electron chi connectivity index (χ0n) is 15.7. The van der Waals surface area contributed by atoms with E-state index < -0.39 is 28.7 Å². The molecular formula is C19H19N3O7. The van der Waals surface area contributed by atoms with E-state index in [-0.39, 0.29) is 17.9 Å². The summed E-state index contributed by atoms with van der Waals surface area (Å²) >= 11 is 0. The van der Waals surface area contributed by atoms with Gasteiger partial charge in [0.1, 0.15) is 11.8 Å². The maximum atomic E-state index is 12.5. The summed E-state index contributed by atoms with van der Waals surface area (Å²) in [6.45, 7) is 0.975. The van der Waals surface area contributed by atoms with E-state index in [0.29, 0.717) is 11.4 Å². The minimum atomic E-state index is -1.15. The van der Waals surface area contributed by atoms with E-state index >= 15 is 0 Å². The second-order valence-corrected chi connectivity index (χ2v) is 6.08. The van der Waals surface area contributed by atoms with Gasteiger partial charge >= 0.3 is 5.97 Å². The maximum Gasteiger partial charge on any atom is 0.325 e. The van der Waals surface area contributed by atoms with Crippen molar-refractivity contribution in [3.8, 4) is 5.75 Å². The molecule has 0 radical (unpaired) electrons. The highest BCUT2D eigenvalue weighted by molar-refractivity contribution is 6.06. The summed E-state index contributed by atoms with van der Waals surface area (Å²) in [7, 11) is 1.53. The van der Waals surface area contributed by atoms with E-state index in [0.717, 1.165) is 0 Å². The summed E-state index contributed by atoms with van der Waals surface area (Å²) in [5.41, 5.74) is 0.507. The van der Waals surface area contributed by atoms with Gasteiger partial charge in [0, 0.05) is 30.4 Å². The topological polar surface area (TPSA) is 139 Å². The van der Waals surface area contributed by atoms with Crippen LogP contribution in [0, 0.1) is 10.1 Å². The van der Waals surface area contributed by atoms with Crippen molar-refractivity contribution in [2.75, 3.05) is 18.6 Å². The minimum Gasteiger partial charge on any atom is -0.484 e. The van der Waals surface area contributed by atoms with E-state index in [9.17, 15) is 24.5 Å². The molecular weight excluding hydrogens is 382 g/mol. The Morgan fingerprint density at radius 2 is 1.86 bits per heavy atom. The third-order valence-electron chi connectivity index (χ3n) is 3.95.